The molecule has 2 aliphatic rings. The summed E-state index contributed by atoms with van der Waals surface area (Å²) in [6.07, 6.45) is 7.28. The molecule has 29 heavy (non-hydrogen) atoms. The molecule has 0 bridgehead atoms. The molecule has 1 aromatic heterocycles. The maximum absolute atomic E-state index is 14.5. The van der Waals surface area contributed by atoms with Crippen molar-refractivity contribution in [3.63, 3.8) is 0 Å². The zero-order chi connectivity index (χ0) is 20.4. The van der Waals surface area contributed by atoms with E-state index in [1.54, 1.807) is 0 Å². The van der Waals surface area contributed by atoms with E-state index in [1.165, 1.54) is 6.33 Å². The van der Waals surface area contributed by atoms with E-state index in [-0.39, 0.29) is 23.1 Å². The van der Waals surface area contributed by atoms with Crippen molar-refractivity contribution in [3.05, 3.63) is 36.2 Å². The molecular formula is C22H26F2N4O. The van der Waals surface area contributed by atoms with Crippen LogP contribution in [-0.4, -0.2) is 29.0 Å². The second-order valence-electron chi connectivity index (χ2n) is 8.21. The summed E-state index contributed by atoms with van der Waals surface area (Å²) in [5.74, 6) is -0.223. The molecule has 0 spiro atoms. The summed E-state index contributed by atoms with van der Waals surface area (Å²) in [5, 5.41) is 2.99. The molecule has 1 saturated carbocycles. The van der Waals surface area contributed by atoms with Crippen molar-refractivity contribution in [2.24, 2.45) is 11.8 Å². The lowest BCUT2D eigenvalue weighted by Crippen LogP contribution is -2.28. The average molecular weight is 400 g/mol. The van der Waals surface area contributed by atoms with Crippen molar-refractivity contribution in [2.75, 3.05) is 23.3 Å². The minimum Gasteiger partial charge on any atom is -0.354 e. The van der Waals surface area contributed by atoms with Gasteiger partial charge in [0.15, 0.2) is 5.82 Å². The summed E-state index contributed by atoms with van der Waals surface area (Å²) in [4.78, 5) is 23.7. The summed E-state index contributed by atoms with van der Waals surface area (Å²) < 4.78 is 28.4. The first kappa shape index (κ1) is 19.7. The van der Waals surface area contributed by atoms with Crippen molar-refractivity contribution >= 4 is 17.4 Å². The average Bonchev–Trinajstić information content (AvgIpc) is 3.17. The van der Waals surface area contributed by atoms with Crippen LogP contribution in [0.25, 0.3) is 11.3 Å². The molecule has 1 saturated heterocycles. The monoisotopic (exact) mass is 400 g/mol. The molecule has 1 amide bonds. The van der Waals surface area contributed by atoms with E-state index in [0.717, 1.165) is 69.8 Å². The summed E-state index contributed by atoms with van der Waals surface area (Å²) in [6.45, 7) is 3.76. The third kappa shape index (κ3) is 4.23. The number of halogens is 2. The molecule has 7 heteroatoms. The SMILES string of the molecule is C[C@H]1CCN(c2ncnc(-c3cc(F)ccc3F)c2NC(=O)C2CCCCC2)C1. The van der Waals surface area contributed by atoms with Gasteiger partial charge in [-0.3, -0.25) is 4.79 Å². The zero-order valence-corrected chi connectivity index (χ0v) is 16.6. The molecule has 154 valence electrons. The minimum atomic E-state index is -0.584. The number of amides is 1. The lowest BCUT2D eigenvalue weighted by molar-refractivity contribution is -0.120. The number of carbonyl (C=O) groups excluding carboxylic acids is 1. The predicted molar refractivity (Wildman–Crippen MR) is 109 cm³/mol. The Morgan fingerprint density at radius 3 is 2.66 bits per heavy atom. The van der Waals surface area contributed by atoms with Crippen molar-refractivity contribution in [1.29, 1.82) is 0 Å². The number of aromatic nitrogens is 2. The first-order chi connectivity index (χ1) is 14.0. The summed E-state index contributed by atoms with van der Waals surface area (Å²) in [7, 11) is 0. The minimum absolute atomic E-state index is 0.0276. The molecule has 1 aliphatic carbocycles. The standard InChI is InChI=1S/C22H26F2N4O/c1-14-9-10-28(12-14)21-20(27-22(29)15-5-3-2-4-6-15)19(25-13-26-21)17-11-16(23)7-8-18(17)24/h7-8,11,13-15H,2-6,9-10,12H2,1H3,(H,27,29)/t14-/m0/s1. The molecule has 1 atom stereocenters. The molecule has 1 N–H and O–H groups in total. The number of anilines is 2. The van der Waals surface area contributed by atoms with Crippen LogP contribution in [0.3, 0.4) is 0 Å². The van der Waals surface area contributed by atoms with Crippen LogP contribution < -0.4 is 10.2 Å². The fourth-order valence-corrected chi connectivity index (χ4v) is 4.33. The smallest absolute Gasteiger partial charge is 0.227 e. The predicted octanol–water partition coefficient (Wildman–Crippen LogP) is 4.79. The summed E-state index contributed by atoms with van der Waals surface area (Å²) in [5.41, 5.74) is 0.622. The van der Waals surface area contributed by atoms with Gasteiger partial charge in [0, 0.05) is 24.6 Å². The van der Waals surface area contributed by atoms with Crippen molar-refractivity contribution < 1.29 is 13.6 Å². The van der Waals surface area contributed by atoms with Gasteiger partial charge in [0.2, 0.25) is 5.91 Å². The Bertz CT molecular complexity index is 898. The van der Waals surface area contributed by atoms with Crippen molar-refractivity contribution in [1.82, 2.24) is 9.97 Å². The highest BCUT2D eigenvalue weighted by atomic mass is 19.1. The van der Waals surface area contributed by atoms with Gasteiger partial charge in [0.25, 0.3) is 0 Å². The van der Waals surface area contributed by atoms with Gasteiger partial charge in [-0.25, -0.2) is 18.7 Å². The Morgan fingerprint density at radius 1 is 1.14 bits per heavy atom. The Labute approximate surface area is 169 Å². The Hall–Kier alpha value is -2.57. The van der Waals surface area contributed by atoms with Crippen molar-refractivity contribution in [3.8, 4) is 11.3 Å². The molecule has 2 heterocycles. The molecule has 2 aromatic rings. The normalized spacial score (nSPS) is 20.1. The number of nitrogens with one attached hydrogen (secondary N) is 1. The highest BCUT2D eigenvalue weighted by molar-refractivity contribution is 5.99. The Morgan fingerprint density at radius 2 is 1.93 bits per heavy atom. The van der Waals surface area contributed by atoms with Gasteiger partial charge in [0.1, 0.15) is 29.3 Å². The van der Waals surface area contributed by atoms with E-state index in [1.807, 2.05) is 0 Å². The molecule has 0 radical (unpaired) electrons. The number of rotatable bonds is 4. The van der Waals surface area contributed by atoms with E-state index >= 15 is 0 Å². The van der Waals surface area contributed by atoms with Crippen LogP contribution in [0.4, 0.5) is 20.3 Å². The van der Waals surface area contributed by atoms with Gasteiger partial charge in [-0.1, -0.05) is 26.2 Å². The quantitative estimate of drug-likeness (QED) is 0.802. The number of benzene rings is 1. The fourth-order valence-electron chi connectivity index (χ4n) is 4.33. The van der Waals surface area contributed by atoms with Gasteiger partial charge in [-0.2, -0.15) is 0 Å². The molecule has 1 aromatic carbocycles. The van der Waals surface area contributed by atoms with Crippen LogP contribution in [0.15, 0.2) is 24.5 Å². The van der Waals surface area contributed by atoms with Gasteiger partial charge < -0.3 is 10.2 Å². The van der Waals surface area contributed by atoms with Crippen LogP contribution in [0.5, 0.6) is 0 Å². The number of nitrogens with zero attached hydrogens (tertiary/aromatic N) is 3. The van der Waals surface area contributed by atoms with E-state index in [9.17, 15) is 13.6 Å². The highest BCUT2D eigenvalue weighted by Gasteiger charge is 2.28. The second-order valence-corrected chi connectivity index (χ2v) is 8.21. The first-order valence-corrected chi connectivity index (χ1v) is 10.4. The molecule has 0 unspecified atom stereocenters. The molecule has 4 rings (SSSR count). The number of carbonyl (C=O) groups is 1. The number of hydrogen-bond acceptors (Lipinski definition) is 4. The van der Waals surface area contributed by atoms with E-state index in [0.29, 0.717) is 17.4 Å². The van der Waals surface area contributed by atoms with E-state index in [4.69, 9.17) is 0 Å². The van der Waals surface area contributed by atoms with Gasteiger partial charge >= 0.3 is 0 Å². The van der Waals surface area contributed by atoms with Crippen molar-refractivity contribution in [2.45, 2.75) is 45.4 Å². The van der Waals surface area contributed by atoms with Crippen LogP contribution >= 0.6 is 0 Å². The third-order valence-corrected chi connectivity index (χ3v) is 5.96. The van der Waals surface area contributed by atoms with Gasteiger partial charge in [-0.15, -0.1) is 0 Å². The second kappa shape index (κ2) is 8.43. The molecule has 5 nitrogen and oxygen atoms in total. The topological polar surface area (TPSA) is 58.1 Å². The molecule has 1 aliphatic heterocycles. The Balaban J connectivity index is 1.76. The lowest BCUT2D eigenvalue weighted by Gasteiger charge is -2.25. The zero-order valence-electron chi connectivity index (χ0n) is 16.6. The third-order valence-electron chi connectivity index (χ3n) is 5.96. The van der Waals surface area contributed by atoms with Gasteiger partial charge in [0.05, 0.1) is 0 Å². The van der Waals surface area contributed by atoms with Crippen LogP contribution in [-0.2, 0) is 4.79 Å². The van der Waals surface area contributed by atoms with Crippen LogP contribution in [0.1, 0.15) is 45.4 Å². The molecule has 2 fully saturated rings. The fraction of sp³-hybridized carbons (Fsp3) is 0.500. The van der Waals surface area contributed by atoms with E-state index < -0.39 is 11.6 Å². The van der Waals surface area contributed by atoms with Gasteiger partial charge in [-0.05, 0) is 43.4 Å². The van der Waals surface area contributed by atoms with E-state index in [2.05, 4.69) is 27.1 Å². The maximum atomic E-state index is 14.5. The first-order valence-electron chi connectivity index (χ1n) is 10.4. The molecular weight excluding hydrogens is 374 g/mol. The summed E-state index contributed by atoms with van der Waals surface area (Å²) >= 11 is 0. The van der Waals surface area contributed by atoms with Crippen LogP contribution in [0.2, 0.25) is 0 Å². The largest absolute Gasteiger partial charge is 0.354 e. The Kier molecular flexibility index (Phi) is 5.74. The highest BCUT2D eigenvalue weighted by Crippen LogP contribution is 2.37. The summed E-state index contributed by atoms with van der Waals surface area (Å²) in [6, 6.07) is 3.27. The maximum Gasteiger partial charge on any atom is 0.227 e. The lowest BCUT2D eigenvalue weighted by atomic mass is 9.88. The number of hydrogen-bond donors (Lipinski definition) is 1. The van der Waals surface area contributed by atoms with Crippen LogP contribution in [0, 0.1) is 23.5 Å².